The number of likely N-dealkylation sites (N-methyl/N-ethyl adjacent to an activating group) is 1. The molecule has 0 amide bonds. The molecule has 0 radical (unpaired) electrons. The first-order valence-electron chi connectivity index (χ1n) is 5.59. The standard InChI is InChI=1S/C12H21N3/c1-3-15(10-11(2)13)9-6-12-4-7-14-8-5-12/h4-5,7-8,11H,3,6,9-10,13H2,1-2H3/t11-/m0/s1. The molecule has 84 valence electrons. The Bertz CT molecular complexity index is 259. The minimum atomic E-state index is 0.252. The van der Waals surface area contributed by atoms with Crippen LogP contribution in [0.5, 0.6) is 0 Å². The lowest BCUT2D eigenvalue weighted by atomic mass is 10.2. The Morgan fingerprint density at radius 3 is 2.60 bits per heavy atom. The zero-order chi connectivity index (χ0) is 11.1. The maximum atomic E-state index is 5.79. The third-order valence-corrected chi connectivity index (χ3v) is 2.46. The van der Waals surface area contributed by atoms with Crippen molar-refractivity contribution in [3.8, 4) is 0 Å². The molecule has 0 aliphatic rings. The first kappa shape index (κ1) is 12.1. The lowest BCUT2D eigenvalue weighted by Gasteiger charge is -2.22. The minimum Gasteiger partial charge on any atom is -0.327 e. The summed E-state index contributed by atoms with van der Waals surface area (Å²) < 4.78 is 0. The first-order valence-corrected chi connectivity index (χ1v) is 5.59. The van der Waals surface area contributed by atoms with Gasteiger partial charge in [0.25, 0.3) is 0 Å². The van der Waals surface area contributed by atoms with Gasteiger partial charge in [0.2, 0.25) is 0 Å². The normalized spacial score (nSPS) is 13.1. The number of hydrogen-bond acceptors (Lipinski definition) is 3. The average Bonchev–Trinajstić information content (AvgIpc) is 2.25. The average molecular weight is 207 g/mol. The summed E-state index contributed by atoms with van der Waals surface area (Å²) in [5, 5.41) is 0. The van der Waals surface area contributed by atoms with E-state index in [1.165, 1.54) is 5.56 Å². The summed E-state index contributed by atoms with van der Waals surface area (Å²) in [7, 11) is 0. The van der Waals surface area contributed by atoms with Crippen LogP contribution in [0.25, 0.3) is 0 Å². The van der Waals surface area contributed by atoms with Crippen LogP contribution in [-0.2, 0) is 6.42 Å². The van der Waals surface area contributed by atoms with Crippen molar-refractivity contribution in [2.24, 2.45) is 5.73 Å². The Hall–Kier alpha value is -0.930. The van der Waals surface area contributed by atoms with Crippen molar-refractivity contribution in [1.82, 2.24) is 9.88 Å². The highest BCUT2D eigenvalue weighted by atomic mass is 15.1. The third kappa shape index (κ3) is 4.91. The summed E-state index contributed by atoms with van der Waals surface area (Å²) in [5.74, 6) is 0. The molecule has 0 saturated heterocycles. The molecule has 0 aliphatic heterocycles. The number of hydrogen-bond donors (Lipinski definition) is 1. The highest BCUT2D eigenvalue weighted by Crippen LogP contribution is 2.00. The van der Waals surface area contributed by atoms with Crippen LogP contribution >= 0.6 is 0 Å². The van der Waals surface area contributed by atoms with Gasteiger partial charge in [0.1, 0.15) is 0 Å². The molecule has 3 heteroatoms. The van der Waals surface area contributed by atoms with E-state index in [0.29, 0.717) is 0 Å². The molecular weight excluding hydrogens is 186 g/mol. The van der Waals surface area contributed by atoms with E-state index >= 15 is 0 Å². The van der Waals surface area contributed by atoms with Gasteiger partial charge in [-0.2, -0.15) is 0 Å². The van der Waals surface area contributed by atoms with Gasteiger partial charge >= 0.3 is 0 Å². The number of nitrogens with two attached hydrogens (primary N) is 1. The minimum absolute atomic E-state index is 0.252. The zero-order valence-corrected chi connectivity index (χ0v) is 9.69. The van der Waals surface area contributed by atoms with E-state index in [1.807, 2.05) is 12.4 Å². The number of nitrogens with zero attached hydrogens (tertiary/aromatic N) is 2. The Labute approximate surface area is 92.3 Å². The van der Waals surface area contributed by atoms with Gasteiger partial charge in [0.05, 0.1) is 0 Å². The predicted octanol–water partition coefficient (Wildman–Crippen LogP) is 1.29. The monoisotopic (exact) mass is 207 g/mol. The van der Waals surface area contributed by atoms with E-state index in [4.69, 9.17) is 5.73 Å². The van der Waals surface area contributed by atoms with E-state index < -0.39 is 0 Å². The molecule has 1 rings (SSSR count). The maximum absolute atomic E-state index is 5.79. The molecule has 0 saturated carbocycles. The van der Waals surface area contributed by atoms with Gasteiger partial charge in [-0.05, 0) is 37.6 Å². The van der Waals surface area contributed by atoms with Gasteiger partial charge in [-0.15, -0.1) is 0 Å². The Morgan fingerprint density at radius 1 is 1.40 bits per heavy atom. The lowest BCUT2D eigenvalue weighted by molar-refractivity contribution is 0.278. The van der Waals surface area contributed by atoms with Crippen LogP contribution in [0.3, 0.4) is 0 Å². The highest BCUT2D eigenvalue weighted by molar-refractivity contribution is 5.09. The smallest absolute Gasteiger partial charge is 0.0270 e. The summed E-state index contributed by atoms with van der Waals surface area (Å²) >= 11 is 0. The number of aromatic nitrogens is 1. The van der Waals surface area contributed by atoms with Gasteiger partial charge in [-0.3, -0.25) is 4.98 Å². The highest BCUT2D eigenvalue weighted by Gasteiger charge is 2.04. The fraction of sp³-hybridized carbons (Fsp3) is 0.583. The molecular formula is C12H21N3. The molecule has 0 aliphatic carbocycles. The van der Waals surface area contributed by atoms with Gasteiger partial charge < -0.3 is 10.6 Å². The molecule has 0 spiro atoms. The second-order valence-corrected chi connectivity index (χ2v) is 3.98. The van der Waals surface area contributed by atoms with Crippen molar-refractivity contribution >= 4 is 0 Å². The Kier molecular flexibility index (Phi) is 5.29. The van der Waals surface area contributed by atoms with Crippen molar-refractivity contribution < 1.29 is 0 Å². The molecule has 2 N–H and O–H groups in total. The molecule has 1 aromatic heterocycles. The summed E-state index contributed by atoms with van der Waals surface area (Å²) in [6.07, 6.45) is 4.76. The van der Waals surface area contributed by atoms with Gasteiger partial charge in [-0.25, -0.2) is 0 Å². The Morgan fingerprint density at radius 2 is 2.07 bits per heavy atom. The van der Waals surface area contributed by atoms with Crippen LogP contribution in [0.2, 0.25) is 0 Å². The van der Waals surface area contributed by atoms with E-state index in [1.54, 1.807) is 0 Å². The zero-order valence-electron chi connectivity index (χ0n) is 9.69. The van der Waals surface area contributed by atoms with Crippen LogP contribution in [-0.4, -0.2) is 35.6 Å². The summed E-state index contributed by atoms with van der Waals surface area (Å²) in [5.41, 5.74) is 7.13. The van der Waals surface area contributed by atoms with Crippen molar-refractivity contribution in [2.75, 3.05) is 19.6 Å². The van der Waals surface area contributed by atoms with Crippen LogP contribution < -0.4 is 5.73 Å². The van der Waals surface area contributed by atoms with E-state index in [2.05, 4.69) is 35.9 Å². The molecule has 3 nitrogen and oxygen atoms in total. The van der Waals surface area contributed by atoms with E-state index in [-0.39, 0.29) is 6.04 Å². The van der Waals surface area contributed by atoms with Gasteiger partial charge in [0, 0.05) is 31.5 Å². The molecule has 0 bridgehead atoms. The van der Waals surface area contributed by atoms with Crippen molar-refractivity contribution in [2.45, 2.75) is 26.3 Å². The second kappa shape index (κ2) is 6.53. The van der Waals surface area contributed by atoms with E-state index in [0.717, 1.165) is 26.1 Å². The maximum Gasteiger partial charge on any atom is 0.0270 e. The van der Waals surface area contributed by atoms with Gasteiger partial charge in [-0.1, -0.05) is 6.92 Å². The molecule has 1 atom stereocenters. The van der Waals surface area contributed by atoms with Crippen molar-refractivity contribution in [3.05, 3.63) is 30.1 Å². The number of pyridine rings is 1. The molecule has 0 aromatic carbocycles. The molecule has 1 heterocycles. The molecule has 15 heavy (non-hydrogen) atoms. The first-order chi connectivity index (χ1) is 7.22. The quantitative estimate of drug-likeness (QED) is 0.764. The van der Waals surface area contributed by atoms with Gasteiger partial charge in [0.15, 0.2) is 0 Å². The lowest BCUT2D eigenvalue weighted by Crippen LogP contribution is -2.36. The Balaban J connectivity index is 2.34. The van der Waals surface area contributed by atoms with Crippen LogP contribution in [0.1, 0.15) is 19.4 Å². The molecule has 0 fully saturated rings. The fourth-order valence-electron chi connectivity index (χ4n) is 1.62. The summed E-state index contributed by atoms with van der Waals surface area (Å²) in [4.78, 5) is 6.39. The van der Waals surface area contributed by atoms with Crippen LogP contribution in [0, 0.1) is 0 Å². The van der Waals surface area contributed by atoms with Crippen LogP contribution in [0.15, 0.2) is 24.5 Å². The SMILES string of the molecule is CCN(CCc1ccncc1)C[C@H](C)N. The van der Waals surface area contributed by atoms with Crippen molar-refractivity contribution in [3.63, 3.8) is 0 Å². The summed E-state index contributed by atoms with van der Waals surface area (Å²) in [6.45, 7) is 7.33. The topological polar surface area (TPSA) is 42.2 Å². The third-order valence-electron chi connectivity index (χ3n) is 2.46. The fourth-order valence-corrected chi connectivity index (χ4v) is 1.62. The second-order valence-electron chi connectivity index (χ2n) is 3.98. The van der Waals surface area contributed by atoms with Crippen LogP contribution in [0.4, 0.5) is 0 Å². The van der Waals surface area contributed by atoms with E-state index in [9.17, 15) is 0 Å². The molecule has 1 aromatic rings. The number of rotatable bonds is 6. The van der Waals surface area contributed by atoms with Crippen molar-refractivity contribution in [1.29, 1.82) is 0 Å². The predicted molar refractivity (Wildman–Crippen MR) is 63.7 cm³/mol. The largest absolute Gasteiger partial charge is 0.327 e. The summed E-state index contributed by atoms with van der Waals surface area (Å²) in [6, 6.07) is 4.39. The molecule has 0 unspecified atom stereocenters.